The van der Waals surface area contributed by atoms with Crippen LogP contribution in [0.25, 0.3) is 0 Å². The molecule has 0 fully saturated rings. The fourth-order valence-electron chi connectivity index (χ4n) is 2.45. The number of halogens is 2. The SMILES string of the molecule is C=C(C1=C(OC(=O)OC(C)C)CNC1=O)N(Nc1ccc(Cl)cc1Cl)C(=O)OC(C)C. The highest BCUT2D eigenvalue weighted by molar-refractivity contribution is 6.36. The van der Waals surface area contributed by atoms with Gasteiger partial charge < -0.3 is 19.5 Å². The summed E-state index contributed by atoms with van der Waals surface area (Å²) in [6.45, 7) is 10.3. The summed E-state index contributed by atoms with van der Waals surface area (Å²) in [5.74, 6) is -0.643. The molecular formula is C20H23Cl2N3O6. The molecule has 0 bridgehead atoms. The Morgan fingerprint density at radius 1 is 1.16 bits per heavy atom. The van der Waals surface area contributed by atoms with Gasteiger partial charge in [0.05, 0.1) is 35.2 Å². The van der Waals surface area contributed by atoms with Crippen LogP contribution in [-0.4, -0.2) is 41.9 Å². The highest BCUT2D eigenvalue weighted by Crippen LogP contribution is 2.29. The maximum absolute atomic E-state index is 12.7. The van der Waals surface area contributed by atoms with E-state index in [1.807, 2.05) is 0 Å². The molecule has 1 heterocycles. The zero-order valence-electron chi connectivity index (χ0n) is 17.5. The lowest BCUT2D eigenvalue weighted by Gasteiger charge is -2.27. The Kier molecular flexibility index (Phi) is 8.18. The van der Waals surface area contributed by atoms with Gasteiger partial charge >= 0.3 is 12.2 Å². The molecule has 0 saturated heterocycles. The molecular weight excluding hydrogens is 449 g/mol. The zero-order valence-corrected chi connectivity index (χ0v) is 19.0. The van der Waals surface area contributed by atoms with E-state index >= 15 is 0 Å². The highest BCUT2D eigenvalue weighted by atomic mass is 35.5. The lowest BCUT2D eigenvalue weighted by Crippen LogP contribution is -2.39. The molecule has 31 heavy (non-hydrogen) atoms. The van der Waals surface area contributed by atoms with Crippen molar-refractivity contribution >= 4 is 47.0 Å². The van der Waals surface area contributed by atoms with Crippen molar-refractivity contribution in [3.63, 3.8) is 0 Å². The fraction of sp³-hybridized carbons (Fsp3) is 0.350. The molecule has 0 unspecified atom stereocenters. The van der Waals surface area contributed by atoms with E-state index in [0.29, 0.717) is 10.7 Å². The first-order valence-electron chi connectivity index (χ1n) is 9.31. The molecule has 2 rings (SSSR count). The van der Waals surface area contributed by atoms with Crippen LogP contribution in [0.2, 0.25) is 10.0 Å². The molecule has 0 aromatic heterocycles. The van der Waals surface area contributed by atoms with Gasteiger partial charge in [0.1, 0.15) is 11.3 Å². The number of hydrogen-bond donors (Lipinski definition) is 2. The van der Waals surface area contributed by atoms with Gasteiger partial charge in [-0.25, -0.2) is 9.59 Å². The molecule has 0 aliphatic carbocycles. The molecule has 0 saturated carbocycles. The van der Waals surface area contributed by atoms with E-state index in [1.165, 1.54) is 12.1 Å². The number of ether oxygens (including phenoxy) is 3. The summed E-state index contributed by atoms with van der Waals surface area (Å²) >= 11 is 12.1. The first kappa shape index (κ1) is 24.4. The van der Waals surface area contributed by atoms with Crippen LogP contribution in [-0.2, 0) is 19.0 Å². The molecule has 1 aliphatic heterocycles. The Morgan fingerprint density at radius 2 is 1.81 bits per heavy atom. The van der Waals surface area contributed by atoms with Gasteiger partial charge in [-0.15, -0.1) is 0 Å². The standard InChI is InChI=1S/C20H23Cl2N3O6/c1-10(2)29-19(27)25(24-15-7-6-13(21)8-14(15)22)12(5)17-16(9-23-18(17)26)31-20(28)30-11(3)4/h6-8,10-11,24H,5,9H2,1-4H3,(H,23,26). The number of hydrogen-bond acceptors (Lipinski definition) is 7. The molecule has 2 N–H and O–H groups in total. The predicted molar refractivity (Wildman–Crippen MR) is 115 cm³/mol. The van der Waals surface area contributed by atoms with E-state index in [-0.39, 0.29) is 28.6 Å². The van der Waals surface area contributed by atoms with E-state index < -0.39 is 30.4 Å². The quantitative estimate of drug-likeness (QED) is 0.440. The molecule has 11 heteroatoms. The van der Waals surface area contributed by atoms with Crippen molar-refractivity contribution in [2.75, 3.05) is 12.0 Å². The third kappa shape index (κ3) is 6.53. The number of rotatable bonds is 7. The van der Waals surface area contributed by atoms with Crippen LogP contribution >= 0.6 is 23.2 Å². The molecule has 1 aromatic rings. The lowest BCUT2D eigenvalue weighted by atomic mass is 10.2. The number of carbonyl (C=O) groups is 3. The van der Waals surface area contributed by atoms with Crippen molar-refractivity contribution in [2.24, 2.45) is 0 Å². The molecule has 168 valence electrons. The molecule has 9 nitrogen and oxygen atoms in total. The maximum atomic E-state index is 12.7. The number of hydrazine groups is 1. The number of carbonyl (C=O) groups excluding carboxylic acids is 3. The van der Waals surface area contributed by atoms with Crippen molar-refractivity contribution in [3.05, 3.63) is 51.9 Å². The molecule has 0 spiro atoms. The highest BCUT2D eigenvalue weighted by Gasteiger charge is 2.34. The topological polar surface area (TPSA) is 106 Å². The third-order valence-corrected chi connectivity index (χ3v) is 4.24. The summed E-state index contributed by atoms with van der Waals surface area (Å²) in [6.07, 6.45) is -2.73. The van der Waals surface area contributed by atoms with E-state index in [4.69, 9.17) is 37.4 Å². The molecule has 0 radical (unpaired) electrons. The van der Waals surface area contributed by atoms with Gasteiger partial charge in [0.25, 0.3) is 5.91 Å². The number of anilines is 1. The molecule has 1 aromatic carbocycles. The van der Waals surface area contributed by atoms with Crippen LogP contribution in [0, 0.1) is 0 Å². The van der Waals surface area contributed by atoms with Gasteiger partial charge in [-0.3, -0.25) is 10.2 Å². The first-order chi connectivity index (χ1) is 14.5. The van der Waals surface area contributed by atoms with Crippen LogP contribution in [0.4, 0.5) is 15.3 Å². The van der Waals surface area contributed by atoms with Crippen molar-refractivity contribution in [1.29, 1.82) is 0 Å². The maximum Gasteiger partial charge on any atom is 0.513 e. The number of nitrogens with zero attached hydrogens (tertiary/aromatic N) is 1. The normalized spacial score (nSPS) is 13.2. The van der Waals surface area contributed by atoms with Crippen LogP contribution in [0.1, 0.15) is 27.7 Å². The Bertz CT molecular complexity index is 929. The minimum atomic E-state index is -0.989. The van der Waals surface area contributed by atoms with Gasteiger partial charge in [0.2, 0.25) is 0 Å². The van der Waals surface area contributed by atoms with E-state index in [1.54, 1.807) is 33.8 Å². The smallest absolute Gasteiger partial charge is 0.445 e. The Balaban J connectivity index is 2.39. The Labute approximate surface area is 189 Å². The van der Waals surface area contributed by atoms with Crippen LogP contribution < -0.4 is 10.7 Å². The third-order valence-electron chi connectivity index (χ3n) is 3.69. The summed E-state index contributed by atoms with van der Waals surface area (Å²) in [6, 6.07) is 4.56. The Hall–Kier alpha value is -2.91. The largest absolute Gasteiger partial charge is 0.513 e. The van der Waals surface area contributed by atoms with E-state index in [2.05, 4.69) is 17.3 Å². The van der Waals surface area contributed by atoms with Crippen LogP contribution in [0.5, 0.6) is 0 Å². The summed E-state index contributed by atoms with van der Waals surface area (Å²) in [4.78, 5) is 37.1. The lowest BCUT2D eigenvalue weighted by molar-refractivity contribution is -0.116. The van der Waals surface area contributed by atoms with Gasteiger partial charge in [-0.1, -0.05) is 29.8 Å². The van der Waals surface area contributed by atoms with Gasteiger partial charge in [-0.05, 0) is 45.9 Å². The molecule has 1 aliphatic rings. The van der Waals surface area contributed by atoms with Crippen molar-refractivity contribution in [3.8, 4) is 0 Å². The second kappa shape index (κ2) is 10.4. The van der Waals surface area contributed by atoms with Gasteiger partial charge in [0, 0.05) is 5.02 Å². The summed E-state index contributed by atoms with van der Waals surface area (Å²) in [7, 11) is 0. The average Bonchev–Trinajstić information content (AvgIpc) is 2.99. The van der Waals surface area contributed by atoms with Crippen LogP contribution in [0.3, 0.4) is 0 Å². The second-order valence-electron chi connectivity index (χ2n) is 6.95. The number of benzene rings is 1. The molecule has 2 amide bonds. The summed E-state index contributed by atoms with van der Waals surface area (Å²) in [5, 5.41) is 4.02. The zero-order chi connectivity index (χ0) is 23.3. The van der Waals surface area contributed by atoms with Crippen molar-refractivity contribution < 1.29 is 28.6 Å². The average molecular weight is 472 g/mol. The summed E-state index contributed by atoms with van der Waals surface area (Å²) < 4.78 is 15.3. The first-order valence-corrected chi connectivity index (χ1v) is 10.1. The van der Waals surface area contributed by atoms with Gasteiger partial charge in [0.15, 0.2) is 0 Å². The minimum absolute atomic E-state index is 0.0491. The van der Waals surface area contributed by atoms with Crippen LogP contribution in [0.15, 0.2) is 41.8 Å². The van der Waals surface area contributed by atoms with E-state index in [0.717, 1.165) is 5.01 Å². The van der Waals surface area contributed by atoms with Crippen molar-refractivity contribution in [2.45, 2.75) is 39.9 Å². The monoisotopic (exact) mass is 471 g/mol. The number of nitrogens with one attached hydrogen (secondary N) is 2. The predicted octanol–water partition coefficient (Wildman–Crippen LogP) is 4.63. The van der Waals surface area contributed by atoms with E-state index in [9.17, 15) is 14.4 Å². The van der Waals surface area contributed by atoms with Gasteiger partial charge in [-0.2, -0.15) is 5.01 Å². The van der Waals surface area contributed by atoms with Crippen molar-refractivity contribution in [1.82, 2.24) is 10.3 Å². The minimum Gasteiger partial charge on any atom is -0.445 e. The summed E-state index contributed by atoms with van der Waals surface area (Å²) in [5.41, 5.74) is 2.81. The molecule has 0 atom stereocenters. The Morgan fingerprint density at radius 3 is 2.39 bits per heavy atom. The second-order valence-corrected chi connectivity index (χ2v) is 7.79. The fourth-order valence-corrected chi connectivity index (χ4v) is 2.90. The number of amides is 2.